The van der Waals surface area contributed by atoms with Gasteiger partial charge >= 0.3 is 0 Å². The average molecular weight is 319 g/mol. The molecular weight excluding hydrogens is 308 g/mol. The minimum Gasteiger partial charge on any atom is -0.369 e. The molecule has 1 aromatic carbocycles. The number of hydrogen-bond donors (Lipinski definition) is 0. The molecule has 2 aliphatic rings. The van der Waals surface area contributed by atoms with E-state index in [-0.39, 0.29) is 23.2 Å². The Kier molecular flexibility index (Phi) is 2.77. The van der Waals surface area contributed by atoms with Crippen molar-refractivity contribution in [2.24, 2.45) is 0 Å². The summed E-state index contributed by atoms with van der Waals surface area (Å²) in [5.74, 6) is 0. The first-order chi connectivity index (χ1) is 8.04. The second-order valence-corrected chi connectivity index (χ2v) is 6.80. The van der Waals surface area contributed by atoms with Crippen molar-refractivity contribution < 1.29 is 17.3 Å². The van der Waals surface area contributed by atoms with Gasteiger partial charge in [-0.3, -0.25) is 4.18 Å². The van der Waals surface area contributed by atoms with Crippen molar-refractivity contribution in [3.05, 3.63) is 28.7 Å². The molecule has 1 saturated heterocycles. The molecule has 0 radical (unpaired) electrons. The molecule has 2 fully saturated rings. The van der Waals surface area contributed by atoms with Gasteiger partial charge in [0.05, 0.1) is 23.2 Å². The fraction of sp³-hybridized carbons (Fsp3) is 0.455. The van der Waals surface area contributed by atoms with Crippen molar-refractivity contribution >= 4 is 26.0 Å². The van der Waals surface area contributed by atoms with Crippen LogP contribution in [0.25, 0.3) is 0 Å². The van der Waals surface area contributed by atoms with E-state index < -0.39 is 10.1 Å². The Balaban J connectivity index is 1.74. The lowest BCUT2D eigenvalue weighted by Gasteiger charge is -2.12. The molecule has 0 amide bonds. The third-order valence-corrected chi connectivity index (χ3v) is 4.95. The van der Waals surface area contributed by atoms with Crippen molar-refractivity contribution in [2.45, 2.75) is 36.0 Å². The average Bonchev–Trinajstić information content (AvgIpc) is 2.86. The largest absolute Gasteiger partial charge is 0.369 e. The van der Waals surface area contributed by atoms with Crippen LogP contribution in [0.1, 0.15) is 12.8 Å². The highest BCUT2D eigenvalue weighted by molar-refractivity contribution is 9.10. The third-order valence-electron chi connectivity index (χ3n) is 3.04. The van der Waals surface area contributed by atoms with Crippen molar-refractivity contribution in [1.29, 1.82) is 0 Å². The maximum Gasteiger partial charge on any atom is 0.297 e. The Morgan fingerprint density at radius 1 is 1.18 bits per heavy atom. The Labute approximate surface area is 108 Å². The molecule has 1 saturated carbocycles. The molecular formula is C11H11BrO4S. The van der Waals surface area contributed by atoms with E-state index in [2.05, 4.69) is 15.9 Å². The third kappa shape index (κ3) is 2.40. The monoisotopic (exact) mass is 318 g/mol. The number of epoxide rings is 1. The van der Waals surface area contributed by atoms with Gasteiger partial charge in [0.2, 0.25) is 0 Å². The van der Waals surface area contributed by atoms with Crippen LogP contribution in [-0.4, -0.2) is 26.7 Å². The molecule has 4 nitrogen and oxygen atoms in total. The number of ether oxygens (including phenoxy) is 1. The quantitative estimate of drug-likeness (QED) is 0.632. The van der Waals surface area contributed by atoms with Crippen molar-refractivity contribution in [1.82, 2.24) is 0 Å². The molecule has 1 aliphatic carbocycles. The number of fused-ring (bicyclic) bond motifs is 1. The minimum atomic E-state index is -3.64. The number of hydrogen-bond acceptors (Lipinski definition) is 4. The molecule has 0 N–H and O–H groups in total. The zero-order chi connectivity index (χ0) is 12.0. The second-order valence-electron chi connectivity index (χ2n) is 4.31. The summed E-state index contributed by atoms with van der Waals surface area (Å²) in [6.07, 6.45) is 1.58. The smallest absolute Gasteiger partial charge is 0.297 e. The van der Waals surface area contributed by atoms with Gasteiger partial charge < -0.3 is 4.74 Å². The van der Waals surface area contributed by atoms with Crippen LogP contribution in [0.4, 0.5) is 0 Å². The van der Waals surface area contributed by atoms with E-state index in [4.69, 9.17) is 8.92 Å². The van der Waals surface area contributed by atoms with Gasteiger partial charge in [0, 0.05) is 17.3 Å². The zero-order valence-electron chi connectivity index (χ0n) is 8.87. The molecule has 1 aromatic rings. The lowest BCUT2D eigenvalue weighted by molar-refractivity contribution is 0.157. The number of benzene rings is 1. The van der Waals surface area contributed by atoms with Crippen molar-refractivity contribution in [3.8, 4) is 0 Å². The van der Waals surface area contributed by atoms with Crippen LogP contribution in [0.3, 0.4) is 0 Å². The van der Waals surface area contributed by atoms with Crippen molar-refractivity contribution in [3.63, 3.8) is 0 Å². The molecule has 2 atom stereocenters. The van der Waals surface area contributed by atoms with Gasteiger partial charge in [0.1, 0.15) is 0 Å². The molecule has 0 bridgehead atoms. The summed E-state index contributed by atoms with van der Waals surface area (Å²) in [6.45, 7) is 0. The lowest BCUT2D eigenvalue weighted by Crippen LogP contribution is -2.17. The molecule has 17 heavy (non-hydrogen) atoms. The van der Waals surface area contributed by atoms with E-state index in [0.29, 0.717) is 12.8 Å². The van der Waals surface area contributed by atoms with Crippen molar-refractivity contribution in [2.75, 3.05) is 0 Å². The molecule has 92 valence electrons. The minimum absolute atomic E-state index is 0.196. The zero-order valence-corrected chi connectivity index (χ0v) is 11.3. The van der Waals surface area contributed by atoms with Gasteiger partial charge in [-0.1, -0.05) is 15.9 Å². The Hall–Kier alpha value is -0.430. The maximum absolute atomic E-state index is 11.9. The molecule has 3 rings (SSSR count). The van der Waals surface area contributed by atoms with E-state index in [0.717, 1.165) is 4.47 Å². The fourth-order valence-corrected chi connectivity index (χ4v) is 3.48. The topological polar surface area (TPSA) is 55.9 Å². The first-order valence-corrected chi connectivity index (χ1v) is 7.59. The van der Waals surface area contributed by atoms with Crippen LogP contribution >= 0.6 is 15.9 Å². The second kappa shape index (κ2) is 4.05. The van der Waals surface area contributed by atoms with E-state index in [1.807, 2.05) is 0 Å². The lowest BCUT2D eigenvalue weighted by atomic mass is 10.3. The standard InChI is InChI=1S/C11H11BrO4S/c12-7-1-3-9(4-2-7)17(13,14)16-8-5-10-11(6-8)15-10/h1-4,8,10-11H,5-6H2/t10-,11-/m0/s1. The fourth-order valence-electron chi connectivity index (χ4n) is 2.12. The highest BCUT2D eigenvalue weighted by atomic mass is 79.9. The molecule has 0 aromatic heterocycles. The maximum atomic E-state index is 11.9. The van der Waals surface area contributed by atoms with Crippen LogP contribution in [0.2, 0.25) is 0 Å². The summed E-state index contributed by atoms with van der Waals surface area (Å²) >= 11 is 3.26. The molecule has 1 heterocycles. The Bertz CT molecular complexity index is 515. The first kappa shape index (κ1) is 11.6. The van der Waals surface area contributed by atoms with E-state index in [1.165, 1.54) is 12.1 Å². The Morgan fingerprint density at radius 2 is 1.76 bits per heavy atom. The summed E-state index contributed by atoms with van der Waals surface area (Å²) in [5.41, 5.74) is 0. The summed E-state index contributed by atoms with van der Waals surface area (Å²) in [5, 5.41) is 0. The molecule has 1 aliphatic heterocycles. The van der Waals surface area contributed by atoms with E-state index in [1.54, 1.807) is 12.1 Å². The van der Waals surface area contributed by atoms with Gasteiger partial charge in [-0.25, -0.2) is 0 Å². The Morgan fingerprint density at radius 3 is 2.35 bits per heavy atom. The van der Waals surface area contributed by atoms with Crippen LogP contribution in [0, 0.1) is 0 Å². The summed E-state index contributed by atoms with van der Waals surface area (Å²) < 4.78 is 35.2. The molecule has 0 spiro atoms. The summed E-state index contributed by atoms with van der Waals surface area (Å²) in [6, 6.07) is 6.44. The van der Waals surface area contributed by atoms with Crippen LogP contribution in [-0.2, 0) is 19.0 Å². The predicted octanol–water partition coefficient (Wildman–Crippen LogP) is 2.08. The summed E-state index contributed by atoms with van der Waals surface area (Å²) in [4.78, 5) is 0.196. The first-order valence-electron chi connectivity index (χ1n) is 5.39. The number of halogens is 1. The van der Waals surface area contributed by atoms with Gasteiger partial charge in [0.25, 0.3) is 10.1 Å². The van der Waals surface area contributed by atoms with E-state index in [9.17, 15) is 8.42 Å². The molecule has 6 heteroatoms. The highest BCUT2D eigenvalue weighted by Gasteiger charge is 2.49. The summed E-state index contributed by atoms with van der Waals surface area (Å²) in [7, 11) is -3.64. The SMILES string of the molecule is O=S(=O)(OC1C[C@@H]2O[C@H]2C1)c1ccc(Br)cc1. The van der Waals surface area contributed by atoms with Crippen LogP contribution in [0.15, 0.2) is 33.6 Å². The van der Waals surface area contributed by atoms with Gasteiger partial charge in [-0.05, 0) is 24.3 Å². The van der Waals surface area contributed by atoms with E-state index >= 15 is 0 Å². The predicted molar refractivity (Wildman–Crippen MR) is 64.1 cm³/mol. The highest BCUT2D eigenvalue weighted by Crippen LogP contribution is 2.40. The van der Waals surface area contributed by atoms with Gasteiger partial charge in [0.15, 0.2) is 0 Å². The number of rotatable bonds is 3. The van der Waals surface area contributed by atoms with Gasteiger partial charge in [-0.2, -0.15) is 8.42 Å². The van der Waals surface area contributed by atoms with Crippen LogP contribution < -0.4 is 0 Å². The van der Waals surface area contributed by atoms with Gasteiger partial charge in [-0.15, -0.1) is 0 Å². The molecule has 0 unspecified atom stereocenters. The normalized spacial score (nSPS) is 28.1. The van der Waals surface area contributed by atoms with Crippen LogP contribution in [0.5, 0.6) is 0 Å².